The summed E-state index contributed by atoms with van der Waals surface area (Å²) >= 11 is 0. The van der Waals surface area contributed by atoms with Gasteiger partial charge >= 0.3 is 0 Å². The van der Waals surface area contributed by atoms with Crippen LogP contribution in [0.2, 0.25) is 0 Å². The highest BCUT2D eigenvalue weighted by molar-refractivity contribution is 5.56. The second-order valence-electron chi connectivity index (χ2n) is 6.05. The van der Waals surface area contributed by atoms with E-state index in [9.17, 15) is 5.26 Å². The van der Waals surface area contributed by atoms with Crippen LogP contribution < -0.4 is 10.3 Å². The van der Waals surface area contributed by atoms with E-state index in [0.717, 1.165) is 36.1 Å². The van der Waals surface area contributed by atoms with Crippen LogP contribution in [0.1, 0.15) is 49.6 Å². The molecule has 1 aliphatic rings. The van der Waals surface area contributed by atoms with Gasteiger partial charge in [0.15, 0.2) is 0 Å². The molecule has 0 atom stereocenters. The highest BCUT2D eigenvalue weighted by atomic mass is 16.5. The number of aliphatic hydroxyl groups excluding tert-OH is 1. The minimum atomic E-state index is -0.252. The van der Waals surface area contributed by atoms with Crippen molar-refractivity contribution < 1.29 is 14.8 Å². The van der Waals surface area contributed by atoms with Crippen molar-refractivity contribution in [2.45, 2.75) is 52.2 Å². The molecule has 0 aromatic carbocycles. The van der Waals surface area contributed by atoms with E-state index in [1.54, 1.807) is 0 Å². The summed E-state index contributed by atoms with van der Waals surface area (Å²) in [5.74, 6) is 0.714. The van der Waals surface area contributed by atoms with E-state index in [1.165, 1.54) is 0 Å². The van der Waals surface area contributed by atoms with Gasteiger partial charge in [-0.2, -0.15) is 5.26 Å². The fourth-order valence-corrected chi connectivity index (χ4v) is 2.79. The van der Waals surface area contributed by atoms with Gasteiger partial charge in [0.1, 0.15) is 23.9 Å². The molecule has 3 N–H and O–H groups in total. The molecule has 0 fully saturated rings. The number of aromatic amines is 1. The van der Waals surface area contributed by atoms with Gasteiger partial charge in [-0.05, 0) is 25.8 Å². The van der Waals surface area contributed by atoms with Crippen molar-refractivity contribution in [1.82, 2.24) is 0 Å². The van der Waals surface area contributed by atoms with Crippen LogP contribution in [0.3, 0.4) is 0 Å². The summed E-state index contributed by atoms with van der Waals surface area (Å²) in [5, 5.41) is 21.7. The lowest BCUT2D eigenvalue weighted by Crippen LogP contribution is -2.36. The molecule has 0 spiro atoms. The normalized spacial score (nSPS) is 16.1. The second kappa shape index (κ2) is 6.42. The summed E-state index contributed by atoms with van der Waals surface area (Å²) in [7, 11) is 0. The molecule has 2 rings (SSSR count). The number of pyridine rings is 1. The number of hydrogen-bond acceptors (Lipinski definition) is 4. The number of nitrogens with zero attached hydrogens (tertiary/aromatic N) is 1. The molecule has 0 radical (unpaired) electrons. The number of nitriles is 1. The Kier molecular flexibility index (Phi) is 4.81. The van der Waals surface area contributed by atoms with Gasteiger partial charge in [-0.15, -0.1) is 0 Å². The Hall–Kier alpha value is -1.64. The van der Waals surface area contributed by atoms with Crippen molar-refractivity contribution >= 4 is 5.82 Å². The van der Waals surface area contributed by atoms with Crippen molar-refractivity contribution in [2.75, 3.05) is 18.5 Å². The molecule has 0 saturated heterocycles. The number of ether oxygens (including phenoxy) is 1. The Morgan fingerprint density at radius 2 is 2.19 bits per heavy atom. The molecule has 21 heavy (non-hydrogen) atoms. The van der Waals surface area contributed by atoms with Gasteiger partial charge in [0.05, 0.1) is 18.8 Å². The van der Waals surface area contributed by atoms with E-state index >= 15 is 0 Å². The minimum absolute atomic E-state index is 0.0352. The maximum absolute atomic E-state index is 9.55. The van der Waals surface area contributed by atoms with Crippen LogP contribution in [0.15, 0.2) is 0 Å². The lowest BCUT2D eigenvalue weighted by Gasteiger charge is -2.32. The number of anilines is 1. The number of rotatable bonds is 5. The summed E-state index contributed by atoms with van der Waals surface area (Å²) in [6, 6.07) is 2.31. The van der Waals surface area contributed by atoms with E-state index in [0.29, 0.717) is 24.5 Å². The van der Waals surface area contributed by atoms with Crippen LogP contribution in [0.5, 0.6) is 0 Å². The molecular weight excluding hydrogens is 266 g/mol. The van der Waals surface area contributed by atoms with E-state index < -0.39 is 0 Å². The average Bonchev–Trinajstić information content (AvgIpc) is 2.44. The minimum Gasteiger partial charge on any atom is -0.392 e. The number of H-pyrrole nitrogens is 1. The molecule has 0 bridgehead atoms. The Bertz CT molecular complexity index is 562. The van der Waals surface area contributed by atoms with E-state index in [1.807, 2.05) is 13.8 Å². The Labute approximate surface area is 126 Å². The number of aryl methyl sites for hydroxylation is 1. The van der Waals surface area contributed by atoms with Gasteiger partial charge in [0.2, 0.25) is 0 Å². The van der Waals surface area contributed by atoms with Crippen molar-refractivity contribution in [3.8, 4) is 6.07 Å². The molecule has 1 aliphatic heterocycles. The Morgan fingerprint density at radius 1 is 1.43 bits per heavy atom. The van der Waals surface area contributed by atoms with Crippen LogP contribution in [-0.2, 0) is 24.2 Å². The molecule has 1 aromatic rings. The van der Waals surface area contributed by atoms with Gasteiger partial charge in [0.25, 0.3) is 5.82 Å². The third-order valence-corrected chi connectivity index (χ3v) is 3.79. The molecule has 0 amide bonds. The maximum Gasteiger partial charge on any atom is 0.290 e. The molecule has 0 aliphatic carbocycles. The zero-order valence-corrected chi connectivity index (χ0v) is 13.0. The molecule has 5 nitrogen and oxygen atoms in total. The lowest BCUT2D eigenvalue weighted by molar-refractivity contribution is -0.375. The quantitative estimate of drug-likeness (QED) is 0.863. The predicted octanol–water partition coefficient (Wildman–Crippen LogP) is 1.58. The van der Waals surface area contributed by atoms with Crippen LogP contribution in [-0.4, -0.2) is 23.9 Å². The first-order valence-electron chi connectivity index (χ1n) is 7.51. The summed E-state index contributed by atoms with van der Waals surface area (Å²) in [6.45, 7) is 7.24. The second-order valence-corrected chi connectivity index (χ2v) is 6.05. The number of hydrogen-bond donors (Lipinski definition) is 2. The molecule has 5 heteroatoms. The largest absolute Gasteiger partial charge is 0.392 e. The predicted molar refractivity (Wildman–Crippen MR) is 79.9 cm³/mol. The fraction of sp³-hybridized carbons (Fsp3) is 0.625. The van der Waals surface area contributed by atoms with Gasteiger partial charge in [-0.25, -0.2) is 4.98 Å². The van der Waals surface area contributed by atoms with Crippen molar-refractivity contribution in [1.29, 1.82) is 5.26 Å². The van der Waals surface area contributed by atoms with Crippen LogP contribution in [0.4, 0.5) is 5.82 Å². The first-order valence-corrected chi connectivity index (χ1v) is 7.51. The highest BCUT2D eigenvalue weighted by Gasteiger charge is 2.33. The van der Waals surface area contributed by atoms with E-state index in [4.69, 9.17) is 9.84 Å². The standard InChI is InChI=1S/C16H23N3O2/c1-4-5-14-13-10-21-16(2,3)8-11(13)12(9-17)15(19-14)18-6-7-20/h20H,4-8,10H2,1-3H3,(H,18,19)/p+1. The first kappa shape index (κ1) is 15.7. The van der Waals surface area contributed by atoms with Gasteiger partial charge in [-0.3, -0.25) is 5.32 Å². The first-order chi connectivity index (χ1) is 10.0. The molecule has 1 aromatic heterocycles. The number of aromatic nitrogens is 1. The topological polar surface area (TPSA) is 79.4 Å². The van der Waals surface area contributed by atoms with Crippen LogP contribution >= 0.6 is 0 Å². The molecule has 2 heterocycles. The molecule has 0 saturated carbocycles. The van der Waals surface area contributed by atoms with Crippen LogP contribution in [0, 0.1) is 11.3 Å². The zero-order valence-electron chi connectivity index (χ0n) is 13.0. The SMILES string of the molecule is CCCc1[nH+]c(NCCO)c(C#N)c2c1COC(C)(C)C2. The Morgan fingerprint density at radius 3 is 2.81 bits per heavy atom. The number of fused-ring (bicyclic) bond motifs is 1. The summed E-state index contributed by atoms with van der Waals surface area (Å²) in [4.78, 5) is 3.33. The highest BCUT2D eigenvalue weighted by Crippen LogP contribution is 2.33. The third kappa shape index (κ3) is 3.34. The fourth-order valence-electron chi connectivity index (χ4n) is 2.79. The molecule has 114 valence electrons. The summed E-state index contributed by atoms with van der Waals surface area (Å²) in [5.41, 5.74) is 3.73. The van der Waals surface area contributed by atoms with E-state index in [-0.39, 0.29) is 12.2 Å². The number of nitrogens with one attached hydrogen (secondary N) is 2. The van der Waals surface area contributed by atoms with E-state index in [2.05, 4.69) is 23.3 Å². The third-order valence-electron chi connectivity index (χ3n) is 3.79. The molecule has 0 unspecified atom stereocenters. The number of aliphatic hydroxyl groups is 1. The maximum atomic E-state index is 9.55. The van der Waals surface area contributed by atoms with Crippen molar-refractivity contribution in [3.05, 3.63) is 22.4 Å². The smallest absolute Gasteiger partial charge is 0.290 e. The summed E-state index contributed by atoms with van der Waals surface area (Å²) in [6.07, 6.45) is 2.67. The average molecular weight is 290 g/mol. The van der Waals surface area contributed by atoms with Crippen LogP contribution in [0.25, 0.3) is 0 Å². The van der Waals surface area contributed by atoms with Gasteiger partial charge < -0.3 is 9.84 Å². The van der Waals surface area contributed by atoms with Gasteiger partial charge in [-0.1, -0.05) is 6.92 Å². The lowest BCUT2D eigenvalue weighted by atomic mass is 9.87. The van der Waals surface area contributed by atoms with Crippen molar-refractivity contribution in [2.24, 2.45) is 0 Å². The summed E-state index contributed by atoms with van der Waals surface area (Å²) < 4.78 is 5.91. The molecular formula is C16H24N3O2+. The zero-order chi connectivity index (χ0) is 15.5. The Balaban J connectivity index is 2.54. The van der Waals surface area contributed by atoms with Gasteiger partial charge in [0, 0.05) is 18.4 Å². The van der Waals surface area contributed by atoms with Crippen molar-refractivity contribution in [3.63, 3.8) is 0 Å². The monoisotopic (exact) mass is 290 g/mol.